The van der Waals surface area contributed by atoms with E-state index in [0.29, 0.717) is 12.2 Å². The molecule has 0 unspecified atom stereocenters. The fourth-order valence-corrected chi connectivity index (χ4v) is 5.47. The van der Waals surface area contributed by atoms with Crippen LogP contribution in [0.2, 0.25) is 0 Å². The SMILES string of the molecule is COc1ccc(C(=O)N2CCCC[C@H]2CCOc2cccc(CN(C)Cc3cccc4cccnc34)c2)cc1. The lowest BCUT2D eigenvalue weighted by Crippen LogP contribution is -2.44. The van der Waals surface area contributed by atoms with Crippen LogP contribution in [0.1, 0.15) is 47.2 Å². The first-order chi connectivity index (χ1) is 19.1. The molecule has 2 heterocycles. The highest BCUT2D eigenvalue weighted by Crippen LogP contribution is 2.24. The van der Waals surface area contributed by atoms with E-state index >= 15 is 0 Å². The Bertz CT molecular complexity index is 1380. The molecular formula is C33H37N3O3. The summed E-state index contributed by atoms with van der Waals surface area (Å²) in [5.41, 5.74) is 4.20. The van der Waals surface area contributed by atoms with Gasteiger partial charge in [0, 0.05) is 49.2 Å². The van der Waals surface area contributed by atoms with Crippen LogP contribution in [0.5, 0.6) is 11.5 Å². The lowest BCUT2D eigenvalue weighted by atomic mass is 9.98. The molecule has 0 saturated carbocycles. The second-order valence-electron chi connectivity index (χ2n) is 10.3. The van der Waals surface area contributed by atoms with Gasteiger partial charge in [-0.05, 0) is 79.9 Å². The van der Waals surface area contributed by atoms with E-state index in [2.05, 4.69) is 59.4 Å². The zero-order valence-electron chi connectivity index (χ0n) is 22.9. The summed E-state index contributed by atoms with van der Waals surface area (Å²) < 4.78 is 11.4. The average Bonchev–Trinajstić information content (AvgIpc) is 2.97. The lowest BCUT2D eigenvalue weighted by molar-refractivity contribution is 0.0580. The molecule has 1 aliphatic heterocycles. The summed E-state index contributed by atoms with van der Waals surface area (Å²) in [6.07, 6.45) is 5.88. The molecule has 202 valence electrons. The van der Waals surface area contributed by atoms with E-state index < -0.39 is 0 Å². The van der Waals surface area contributed by atoms with E-state index in [-0.39, 0.29) is 11.9 Å². The molecule has 1 amide bonds. The molecule has 1 fully saturated rings. The minimum absolute atomic E-state index is 0.0915. The van der Waals surface area contributed by atoms with Gasteiger partial charge in [0.1, 0.15) is 11.5 Å². The first kappa shape index (κ1) is 26.7. The third-order valence-corrected chi connectivity index (χ3v) is 7.45. The van der Waals surface area contributed by atoms with Crippen LogP contribution in [0.4, 0.5) is 0 Å². The van der Waals surface area contributed by atoms with Gasteiger partial charge < -0.3 is 14.4 Å². The maximum absolute atomic E-state index is 13.2. The summed E-state index contributed by atoms with van der Waals surface area (Å²) in [5.74, 6) is 1.72. The topological polar surface area (TPSA) is 54.9 Å². The Morgan fingerprint density at radius 3 is 2.64 bits per heavy atom. The van der Waals surface area contributed by atoms with Crippen molar-refractivity contribution in [3.8, 4) is 11.5 Å². The third kappa shape index (κ3) is 6.76. The van der Waals surface area contributed by atoms with Gasteiger partial charge in [-0.3, -0.25) is 14.7 Å². The molecule has 1 aliphatic rings. The van der Waals surface area contributed by atoms with E-state index in [1.165, 1.54) is 16.5 Å². The van der Waals surface area contributed by atoms with Gasteiger partial charge in [0.05, 0.1) is 19.2 Å². The maximum atomic E-state index is 13.2. The number of para-hydroxylation sites is 1. The maximum Gasteiger partial charge on any atom is 0.254 e. The molecule has 3 aromatic carbocycles. The van der Waals surface area contributed by atoms with Crippen molar-refractivity contribution in [1.29, 1.82) is 0 Å². The standard InChI is InChI=1S/C33H37N3O3/c1-35(24-28-10-6-9-26-11-7-19-34-32(26)28)23-25-8-5-13-31(22-25)39-21-18-29-12-3-4-20-36(29)33(37)27-14-16-30(38-2)17-15-27/h5-11,13-17,19,22,29H,3-4,12,18,20-21,23-24H2,1-2H3/t29-/m0/s1. The lowest BCUT2D eigenvalue weighted by Gasteiger charge is -2.36. The number of carbonyl (C=O) groups excluding carboxylic acids is 1. The molecule has 0 bridgehead atoms. The Morgan fingerprint density at radius 1 is 0.974 bits per heavy atom. The Kier molecular flexibility index (Phi) is 8.74. The Labute approximate surface area is 231 Å². The molecule has 1 saturated heterocycles. The van der Waals surface area contributed by atoms with Crippen molar-refractivity contribution < 1.29 is 14.3 Å². The quantitative estimate of drug-likeness (QED) is 0.243. The largest absolute Gasteiger partial charge is 0.497 e. The van der Waals surface area contributed by atoms with Crippen molar-refractivity contribution in [3.05, 3.63) is 102 Å². The number of amides is 1. The Morgan fingerprint density at radius 2 is 1.79 bits per heavy atom. The minimum atomic E-state index is 0.0915. The molecule has 39 heavy (non-hydrogen) atoms. The predicted octanol–water partition coefficient (Wildman–Crippen LogP) is 6.34. The highest BCUT2D eigenvalue weighted by Gasteiger charge is 2.27. The number of hydrogen-bond donors (Lipinski definition) is 0. The number of ether oxygens (including phenoxy) is 2. The Hall–Kier alpha value is -3.90. The first-order valence-corrected chi connectivity index (χ1v) is 13.8. The number of hydrogen-bond acceptors (Lipinski definition) is 5. The summed E-state index contributed by atoms with van der Waals surface area (Å²) >= 11 is 0. The van der Waals surface area contributed by atoms with Gasteiger partial charge in [0.2, 0.25) is 0 Å². The van der Waals surface area contributed by atoms with Gasteiger partial charge in [0.15, 0.2) is 0 Å². The van der Waals surface area contributed by atoms with Crippen LogP contribution in [0.3, 0.4) is 0 Å². The highest BCUT2D eigenvalue weighted by molar-refractivity contribution is 5.94. The van der Waals surface area contributed by atoms with Gasteiger partial charge in [0.25, 0.3) is 5.91 Å². The number of rotatable bonds is 10. The van der Waals surface area contributed by atoms with Gasteiger partial charge in [-0.1, -0.05) is 36.4 Å². The molecule has 4 aromatic rings. The van der Waals surface area contributed by atoms with Crippen LogP contribution in [0, 0.1) is 0 Å². The minimum Gasteiger partial charge on any atom is -0.497 e. The van der Waals surface area contributed by atoms with Gasteiger partial charge in [-0.15, -0.1) is 0 Å². The number of fused-ring (bicyclic) bond motifs is 1. The monoisotopic (exact) mass is 523 g/mol. The normalized spacial score (nSPS) is 15.5. The van der Waals surface area contributed by atoms with Crippen LogP contribution in [0.25, 0.3) is 10.9 Å². The summed E-state index contributed by atoms with van der Waals surface area (Å²) in [7, 11) is 3.77. The molecule has 1 aromatic heterocycles. The van der Waals surface area contributed by atoms with E-state index in [4.69, 9.17) is 9.47 Å². The van der Waals surface area contributed by atoms with E-state index in [1.54, 1.807) is 7.11 Å². The second-order valence-corrected chi connectivity index (χ2v) is 10.3. The number of benzene rings is 3. The van der Waals surface area contributed by atoms with Crippen molar-refractivity contribution in [2.75, 3.05) is 27.3 Å². The molecule has 0 spiro atoms. The highest BCUT2D eigenvalue weighted by atomic mass is 16.5. The van der Waals surface area contributed by atoms with Crippen LogP contribution in [0.15, 0.2) is 85.1 Å². The molecule has 0 radical (unpaired) electrons. The first-order valence-electron chi connectivity index (χ1n) is 13.8. The fourth-order valence-electron chi connectivity index (χ4n) is 5.47. The summed E-state index contributed by atoms with van der Waals surface area (Å²) in [6, 6.07) is 26.4. The molecule has 6 heteroatoms. The molecule has 6 nitrogen and oxygen atoms in total. The molecule has 0 N–H and O–H groups in total. The smallest absolute Gasteiger partial charge is 0.254 e. The van der Waals surface area contributed by atoms with E-state index in [0.717, 1.165) is 62.3 Å². The summed E-state index contributed by atoms with van der Waals surface area (Å²) in [4.78, 5) is 22.1. The number of pyridine rings is 1. The van der Waals surface area contributed by atoms with Crippen LogP contribution >= 0.6 is 0 Å². The van der Waals surface area contributed by atoms with Crippen LogP contribution in [-0.4, -0.2) is 54.0 Å². The second kappa shape index (κ2) is 12.8. The van der Waals surface area contributed by atoms with E-state index in [9.17, 15) is 4.79 Å². The van der Waals surface area contributed by atoms with Gasteiger partial charge in [-0.25, -0.2) is 0 Å². The molecule has 5 rings (SSSR count). The van der Waals surface area contributed by atoms with Crippen LogP contribution < -0.4 is 9.47 Å². The van der Waals surface area contributed by atoms with E-state index in [1.807, 2.05) is 47.5 Å². The van der Waals surface area contributed by atoms with Crippen molar-refractivity contribution in [2.45, 2.75) is 44.8 Å². The van der Waals surface area contributed by atoms with Gasteiger partial charge >= 0.3 is 0 Å². The van der Waals surface area contributed by atoms with Crippen molar-refractivity contribution >= 4 is 16.8 Å². The molecule has 1 atom stereocenters. The molecular weight excluding hydrogens is 486 g/mol. The number of nitrogens with zero attached hydrogens (tertiary/aromatic N) is 3. The Balaban J connectivity index is 1.15. The van der Waals surface area contributed by atoms with Gasteiger partial charge in [-0.2, -0.15) is 0 Å². The third-order valence-electron chi connectivity index (χ3n) is 7.45. The number of methoxy groups -OCH3 is 1. The van der Waals surface area contributed by atoms with Crippen LogP contribution in [-0.2, 0) is 13.1 Å². The number of likely N-dealkylation sites (tertiary alicyclic amines) is 1. The van der Waals surface area contributed by atoms with Crippen molar-refractivity contribution in [3.63, 3.8) is 0 Å². The van der Waals surface area contributed by atoms with Crippen molar-refractivity contribution in [1.82, 2.24) is 14.8 Å². The summed E-state index contributed by atoms with van der Waals surface area (Å²) in [5, 5.41) is 1.17. The molecule has 0 aliphatic carbocycles. The number of aromatic nitrogens is 1. The fraction of sp³-hybridized carbons (Fsp3) is 0.333. The average molecular weight is 524 g/mol. The number of piperidine rings is 1. The zero-order chi connectivity index (χ0) is 27.0. The number of carbonyl (C=O) groups is 1. The predicted molar refractivity (Wildman–Crippen MR) is 155 cm³/mol. The van der Waals surface area contributed by atoms with Crippen molar-refractivity contribution in [2.24, 2.45) is 0 Å². The zero-order valence-corrected chi connectivity index (χ0v) is 22.9. The summed E-state index contributed by atoms with van der Waals surface area (Å²) in [6.45, 7) is 3.01.